The van der Waals surface area contributed by atoms with Gasteiger partial charge in [-0.25, -0.2) is 9.18 Å². The fourth-order valence-electron chi connectivity index (χ4n) is 1.51. The molecule has 0 atom stereocenters. The maximum Gasteiger partial charge on any atom is 0.335 e. The van der Waals surface area contributed by atoms with Crippen LogP contribution in [0.3, 0.4) is 0 Å². The molecule has 0 heterocycles. The van der Waals surface area contributed by atoms with E-state index in [0.29, 0.717) is 10.6 Å². The molecule has 0 amide bonds. The Bertz CT molecular complexity index is 616. The maximum atomic E-state index is 13.5. The van der Waals surface area contributed by atoms with Crippen LogP contribution in [0, 0.1) is 5.82 Å². The molecule has 0 spiro atoms. The average Bonchev–Trinajstić information content (AvgIpc) is 2.39. The first-order valence-corrected chi connectivity index (χ1v) is 7.25. The van der Waals surface area contributed by atoms with Gasteiger partial charge in [-0.05, 0) is 29.8 Å². The molecule has 0 aliphatic heterocycles. The molecular weight excluding hydrogens is 331 g/mol. The van der Waals surface area contributed by atoms with Crippen LogP contribution in [0.25, 0.3) is 0 Å². The van der Waals surface area contributed by atoms with Crippen molar-refractivity contribution in [1.29, 1.82) is 0 Å². The van der Waals surface area contributed by atoms with Gasteiger partial charge in [-0.3, -0.25) is 0 Å². The number of carboxylic acid groups (broad SMARTS) is 1. The number of carbonyl (C=O) groups is 1. The molecule has 0 fully saturated rings. The molecule has 0 radical (unpaired) electrons. The van der Waals surface area contributed by atoms with Crippen LogP contribution in [-0.4, -0.2) is 11.1 Å². The predicted molar refractivity (Wildman–Crippen MR) is 77.1 cm³/mol. The molecule has 19 heavy (non-hydrogen) atoms. The van der Waals surface area contributed by atoms with Gasteiger partial charge in [-0.15, -0.1) is 11.8 Å². The number of thioether (sulfide) groups is 1. The van der Waals surface area contributed by atoms with Crippen LogP contribution in [0.5, 0.6) is 0 Å². The molecule has 0 unspecified atom stereocenters. The van der Waals surface area contributed by atoms with Gasteiger partial charge in [0.05, 0.1) is 5.56 Å². The topological polar surface area (TPSA) is 37.3 Å². The Morgan fingerprint density at radius 2 is 2.00 bits per heavy atom. The summed E-state index contributed by atoms with van der Waals surface area (Å²) in [4.78, 5) is 11.4. The smallest absolute Gasteiger partial charge is 0.335 e. The summed E-state index contributed by atoms with van der Waals surface area (Å²) in [6, 6.07) is 11.4. The maximum absolute atomic E-state index is 13.5. The van der Waals surface area contributed by atoms with Gasteiger partial charge < -0.3 is 5.11 Å². The summed E-state index contributed by atoms with van der Waals surface area (Å²) in [5, 5.41) is 8.87. The van der Waals surface area contributed by atoms with Crippen molar-refractivity contribution in [2.75, 3.05) is 0 Å². The van der Waals surface area contributed by atoms with E-state index in [1.54, 1.807) is 36.4 Å². The quantitative estimate of drug-likeness (QED) is 0.827. The lowest BCUT2D eigenvalue weighted by molar-refractivity contribution is 0.0697. The van der Waals surface area contributed by atoms with E-state index in [9.17, 15) is 9.18 Å². The highest BCUT2D eigenvalue weighted by Crippen LogP contribution is 2.29. The summed E-state index contributed by atoms with van der Waals surface area (Å²) in [6.45, 7) is 0. The molecule has 2 aromatic carbocycles. The summed E-state index contributed by atoms with van der Waals surface area (Å²) in [5.41, 5.74) is 1.16. The number of hydrogen-bond donors (Lipinski definition) is 1. The van der Waals surface area contributed by atoms with Crippen LogP contribution in [0.4, 0.5) is 4.39 Å². The van der Waals surface area contributed by atoms with Crippen LogP contribution in [0.2, 0.25) is 0 Å². The average molecular weight is 341 g/mol. The largest absolute Gasteiger partial charge is 0.478 e. The van der Waals surface area contributed by atoms with E-state index in [2.05, 4.69) is 15.9 Å². The molecule has 5 heteroatoms. The van der Waals surface area contributed by atoms with Gasteiger partial charge in [0.2, 0.25) is 0 Å². The third-order valence-corrected chi connectivity index (χ3v) is 4.36. The Hall–Kier alpha value is -1.33. The molecule has 0 bridgehead atoms. The highest BCUT2D eigenvalue weighted by Gasteiger charge is 2.08. The molecule has 2 nitrogen and oxygen atoms in total. The van der Waals surface area contributed by atoms with Gasteiger partial charge >= 0.3 is 5.97 Å². The van der Waals surface area contributed by atoms with Gasteiger partial charge in [0, 0.05) is 15.1 Å². The summed E-state index contributed by atoms with van der Waals surface area (Å²) in [6.07, 6.45) is 0. The van der Waals surface area contributed by atoms with Crippen LogP contribution in [0.15, 0.2) is 51.8 Å². The van der Waals surface area contributed by atoms with Crippen molar-refractivity contribution >= 4 is 33.7 Å². The molecule has 1 N–H and O–H groups in total. The molecule has 2 rings (SSSR count). The summed E-state index contributed by atoms with van der Waals surface area (Å²) in [5.74, 6) is -0.638. The van der Waals surface area contributed by atoms with E-state index in [0.717, 1.165) is 10.0 Å². The van der Waals surface area contributed by atoms with Crippen molar-refractivity contribution in [3.8, 4) is 0 Å². The lowest BCUT2D eigenvalue weighted by Crippen LogP contribution is -1.97. The Balaban J connectivity index is 2.12. The second-order valence-corrected chi connectivity index (χ2v) is 5.70. The van der Waals surface area contributed by atoms with Crippen molar-refractivity contribution in [3.63, 3.8) is 0 Å². The molecule has 0 saturated heterocycles. The van der Waals surface area contributed by atoms with E-state index >= 15 is 0 Å². The second kappa shape index (κ2) is 6.21. The van der Waals surface area contributed by atoms with Gasteiger partial charge in [-0.2, -0.15) is 0 Å². The van der Waals surface area contributed by atoms with Crippen molar-refractivity contribution in [2.45, 2.75) is 10.6 Å². The minimum Gasteiger partial charge on any atom is -0.478 e. The third kappa shape index (κ3) is 3.58. The predicted octanol–water partition coefficient (Wildman–Crippen LogP) is 4.58. The monoisotopic (exact) mass is 340 g/mol. The van der Waals surface area contributed by atoms with E-state index < -0.39 is 5.97 Å². The Kier molecular flexibility index (Phi) is 4.61. The molecule has 0 aliphatic rings. The lowest BCUT2D eigenvalue weighted by Gasteiger charge is -2.06. The van der Waals surface area contributed by atoms with E-state index in [1.165, 1.54) is 17.8 Å². The van der Waals surface area contributed by atoms with Crippen molar-refractivity contribution < 1.29 is 14.3 Å². The van der Waals surface area contributed by atoms with Crippen molar-refractivity contribution in [1.82, 2.24) is 0 Å². The standard InChI is InChI=1S/C14H10BrFO2S/c15-11-7-9(14(17)18)5-6-10(11)8-19-13-4-2-1-3-12(13)16/h1-7H,8H2,(H,17,18). The molecular formula is C14H10BrFO2S. The minimum atomic E-state index is -0.964. The van der Waals surface area contributed by atoms with Crippen LogP contribution < -0.4 is 0 Å². The first-order chi connectivity index (χ1) is 9.08. The van der Waals surface area contributed by atoms with Gasteiger partial charge in [0.25, 0.3) is 0 Å². The number of halogens is 2. The molecule has 0 aliphatic carbocycles. The zero-order valence-electron chi connectivity index (χ0n) is 9.77. The van der Waals surface area contributed by atoms with E-state index in [4.69, 9.17) is 5.11 Å². The molecule has 98 valence electrons. The minimum absolute atomic E-state index is 0.228. The van der Waals surface area contributed by atoms with Crippen molar-refractivity contribution in [3.05, 3.63) is 63.9 Å². The first-order valence-electron chi connectivity index (χ1n) is 5.47. The zero-order chi connectivity index (χ0) is 13.8. The highest BCUT2D eigenvalue weighted by molar-refractivity contribution is 9.10. The van der Waals surface area contributed by atoms with Crippen LogP contribution in [0.1, 0.15) is 15.9 Å². The highest BCUT2D eigenvalue weighted by atomic mass is 79.9. The number of benzene rings is 2. The van der Waals surface area contributed by atoms with Crippen LogP contribution in [-0.2, 0) is 5.75 Å². The van der Waals surface area contributed by atoms with Gasteiger partial charge in [-0.1, -0.05) is 34.1 Å². The first kappa shape index (κ1) is 14.1. The van der Waals surface area contributed by atoms with Crippen molar-refractivity contribution in [2.24, 2.45) is 0 Å². The summed E-state index contributed by atoms with van der Waals surface area (Å²) in [7, 11) is 0. The fourth-order valence-corrected chi connectivity index (χ4v) is 3.16. The zero-order valence-corrected chi connectivity index (χ0v) is 12.2. The number of hydrogen-bond acceptors (Lipinski definition) is 2. The normalized spacial score (nSPS) is 10.4. The van der Waals surface area contributed by atoms with Crippen LogP contribution >= 0.6 is 27.7 Å². The van der Waals surface area contributed by atoms with Gasteiger partial charge in [0.1, 0.15) is 5.82 Å². The number of aromatic carboxylic acids is 1. The van der Waals surface area contributed by atoms with E-state index in [-0.39, 0.29) is 11.4 Å². The SMILES string of the molecule is O=C(O)c1ccc(CSc2ccccc2F)c(Br)c1. The fraction of sp³-hybridized carbons (Fsp3) is 0.0714. The number of carboxylic acids is 1. The number of rotatable bonds is 4. The Morgan fingerprint density at radius 3 is 2.63 bits per heavy atom. The van der Waals surface area contributed by atoms with E-state index in [1.807, 2.05) is 0 Å². The Morgan fingerprint density at radius 1 is 1.26 bits per heavy atom. The lowest BCUT2D eigenvalue weighted by atomic mass is 10.1. The summed E-state index contributed by atoms with van der Waals surface area (Å²) >= 11 is 4.71. The third-order valence-electron chi connectivity index (χ3n) is 2.52. The molecule has 2 aromatic rings. The second-order valence-electron chi connectivity index (χ2n) is 3.83. The summed E-state index contributed by atoms with van der Waals surface area (Å²) < 4.78 is 14.2. The molecule has 0 aromatic heterocycles. The molecule has 0 saturated carbocycles. The van der Waals surface area contributed by atoms with Gasteiger partial charge in [0.15, 0.2) is 0 Å². The Labute approximate surface area is 122 Å².